The maximum Gasteiger partial charge on any atom is 0.223 e. The van der Waals surface area contributed by atoms with E-state index in [1.807, 2.05) is 30.3 Å². The maximum atomic E-state index is 12.4. The Labute approximate surface area is 124 Å². The molecule has 1 amide bonds. The Kier molecular flexibility index (Phi) is 5.41. The van der Waals surface area contributed by atoms with Crippen molar-refractivity contribution >= 4 is 17.2 Å². The lowest BCUT2D eigenvalue weighted by atomic mass is 10.2. The topological polar surface area (TPSA) is 25.2 Å². The Morgan fingerprint density at radius 3 is 2.75 bits per heavy atom. The zero-order chi connectivity index (χ0) is 14.4. The molecule has 0 saturated heterocycles. The number of hydrogen-bond donors (Lipinski definition) is 0. The van der Waals surface area contributed by atoms with Crippen molar-refractivity contribution in [2.45, 2.75) is 39.3 Å². The second-order valence-corrected chi connectivity index (χ2v) is 6.08. The van der Waals surface area contributed by atoms with Gasteiger partial charge in [0.2, 0.25) is 5.91 Å². The van der Waals surface area contributed by atoms with Crippen molar-refractivity contribution in [2.24, 2.45) is 7.05 Å². The van der Waals surface area contributed by atoms with Crippen LogP contribution in [0.2, 0.25) is 0 Å². The molecule has 0 atom stereocenters. The van der Waals surface area contributed by atoms with Crippen LogP contribution in [0.25, 0.3) is 0 Å². The molecule has 0 unspecified atom stereocenters. The van der Waals surface area contributed by atoms with E-state index in [0.717, 1.165) is 12.8 Å². The fraction of sp³-hybridized carbons (Fsp3) is 0.438. The summed E-state index contributed by atoms with van der Waals surface area (Å²) in [6.07, 6.45) is 4.69. The molecule has 0 saturated carbocycles. The molecule has 0 N–H and O–H groups in total. The van der Waals surface area contributed by atoms with Gasteiger partial charge in [-0.25, -0.2) is 0 Å². The summed E-state index contributed by atoms with van der Waals surface area (Å²) in [5, 5.41) is 2.06. The van der Waals surface area contributed by atoms with E-state index in [0.29, 0.717) is 19.5 Å². The van der Waals surface area contributed by atoms with Crippen molar-refractivity contribution < 1.29 is 4.79 Å². The van der Waals surface area contributed by atoms with Crippen LogP contribution in [0.3, 0.4) is 0 Å². The third kappa shape index (κ3) is 3.97. The summed E-state index contributed by atoms with van der Waals surface area (Å²) in [6, 6.07) is 8.23. The van der Waals surface area contributed by atoms with Crippen LogP contribution in [0.15, 0.2) is 35.8 Å². The molecule has 2 heterocycles. The Bertz CT molecular complexity index is 530. The maximum absolute atomic E-state index is 12.4. The predicted octanol–water partition coefficient (Wildman–Crippen LogP) is 3.81. The lowest BCUT2D eigenvalue weighted by Gasteiger charge is -2.22. The highest BCUT2D eigenvalue weighted by atomic mass is 32.1. The summed E-state index contributed by atoms with van der Waals surface area (Å²) in [7, 11) is 2.02. The van der Waals surface area contributed by atoms with Gasteiger partial charge in [0.25, 0.3) is 0 Å². The SMILES string of the molecule is CCCCC(=O)N(Cc1cccs1)Cc1cccn1C. The van der Waals surface area contributed by atoms with Crippen LogP contribution in [0.4, 0.5) is 0 Å². The van der Waals surface area contributed by atoms with Gasteiger partial charge in [-0.1, -0.05) is 19.4 Å². The molecule has 0 aromatic carbocycles. The van der Waals surface area contributed by atoms with Gasteiger partial charge >= 0.3 is 0 Å². The number of carbonyl (C=O) groups is 1. The van der Waals surface area contributed by atoms with Crippen LogP contribution in [0.5, 0.6) is 0 Å². The number of aromatic nitrogens is 1. The first-order valence-electron chi connectivity index (χ1n) is 7.11. The monoisotopic (exact) mass is 290 g/mol. The summed E-state index contributed by atoms with van der Waals surface area (Å²) in [5.74, 6) is 0.251. The average Bonchev–Trinajstić information content (AvgIpc) is 3.08. The number of carbonyl (C=O) groups excluding carboxylic acids is 1. The molecule has 0 bridgehead atoms. The molecule has 108 valence electrons. The molecule has 2 aromatic heterocycles. The van der Waals surface area contributed by atoms with Crippen molar-refractivity contribution in [3.8, 4) is 0 Å². The molecule has 0 radical (unpaired) electrons. The highest BCUT2D eigenvalue weighted by Crippen LogP contribution is 2.16. The highest BCUT2D eigenvalue weighted by molar-refractivity contribution is 7.09. The van der Waals surface area contributed by atoms with Gasteiger partial charge in [0.1, 0.15) is 0 Å². The molecule has 2 rings (SSSR count). The summed E-state index contributed by atoms with van der Waals surface area (Å²) >= 11 is 1.71. The zero-order valence-electron chi connectivity index (χ0n) is 12.2. The molecule has 0 fully saturated rings. The Morgan fingerprint density at radius 2 is 2.15 bits per heavy atom. The van der Waals surface area contributed by atoms with Crippen molar-refractivity contribution in [3.63, 3.8) is 0 Å². The smallest absolute Gasteiger partial charge is 0.223 e. The number of hydrogen-bond acceptors (Lipinski definition) is 2. The van der Waals surface area contributed by atoms with Crippen LogP contribution < -0.4 is 0 Å². The number of nitrogens with zero attached hydrogens (tertiary/aromatic N) is 2. The summed E-state index contributed by atoms with van der Waals surface area (Å²) in [5.41, 5.74) is 1.17. The van der Waals surface area contributed by atoms with E-state index in [9.17, 15) is 4.79 Å². The van der Waals surface area contributed by atoms with E-state index in [1.165, 1.54) is 10.6 Å². The van der Waals surface area contributed by atoms with Crippen LogP contribution in [0, 0.1) is 0 Å². The van der Waals surface area contributed by atoms with Crippen LogP contribution in [0.1, 0.15) is 36.8 Å². The second-order valence-electron chi connectivity index (χ2n) is 5.04. The van der Waals surface area contributed by atoms with Gasteiger partial charge < -0.3 is 9.47 Å². The molecular weight excluding hydrogens is 268 g/mol. The van der Waals surface area contributed by atoms with Gasteiger partial charge in [0.15, 0.2) is 0 Å². The lowest BCUT2D eigenvalue weighted by molar-refractivity contribution is -0.132. The molecule has 0 aliphatic rings. The van der Waals surface area contributed by atoms with E-state index in [-0.39, 0.29) is 5.91 Å². The van der Waals surface area contributed by atoms with Gasteiger partial charge in [-0.05, 0) is 30.0 Å². The standard InChI is InChI=1S/C16H22N2OS/c1-3-4-9-16(19)18(13-15-8-6-11-20-15)12-14-7-5-10-17(14)2/h5-8,10-11H,3-4,9,12-13H2,1-2H3. The normalized spacial score (nSPS) is 10.7. The molecular formula is C16H22N2OS. The van der Waals surface area contributed by atoms with Gasteiger partial charge in [0, 0.05) is 30.2 Å². The van der Waals surface area contributed by atoms with Gasteiger partial charge in [0.05, 0.1) is 13.1 Å². The second kappa shape index (κ2) is 7.29. The van der Waals surface area contributed by atoms with Crippen LogP contribution >= 0.6 is 11.3 Å². The first kappa shape index (κ1) is 14.9. The fourth-order valence-electron chi connectivity index (χ4n) is 2.17. The van der Waals surface area contributed by atoms with E-state index < -0.39 is 0 Å². The van der Waals surface area contributed by atoms with E-state index >= 15 is 0 Å². The van der Waals surface area contributed by atoms with Crippen molar-refractivity contribution in [2.75, 3.05) is 0 Å². The largest absolute Gasteiger partial charge is 0.353 e. The Balaban J connectivity index is 2.07. The van der Waals surface area contributed by atoms with Gasteiger partial charge in [-0.2, -0.15) is 0 Å². The molecule has 3 nitrogen and oxygen atoms in total. The quantitative estimate of drug-likeness (QED) is 0.761. The van der Waals surface area contributed by atoms with E-state index in [4.69, 9.17) is 0 Å². The van der Waals surface area contributed by atoms with Gasteiger partial charge in [-0.15, -0.1) is 11.3 Å². The number of thiophene rings is 1. The minimum atomic E-state index is 0.251. The number of unbranched alkanes of at least 4 members (excludes halogenated alkanes) is 1. The fourth-order valence-corrected chi connectivity index (χ4v) is 2.88. The molecule has 4 heteroatoms. The molecule has 0 aliphatic heterocycles. The summed E-state index contributed by atoms with van der Waals surface area (Å²) in [4.78, 5) is 15.6. The summed E-state index contributed by atoms with van der Waals surface area (Å²) < 4.78 is 2.08. The minimum Gasteiger partial charge on any atom is -0.353 e. The molecule has 0 spiro atoms. The van der Waals surface area contributed by atoms with E-state index in [1.54, 1.807) is 11.3 Å². The first-order chi connectivity index (χ1) is 9.70. The van der Waals surface area contributed by atoms with Crippen molar-refractivity contribution in [1.29, 1.82) is 0 Å². The summed E-state index contributed by atoms with van der Waals surface area (Å²) in [6.45, 7) is 3.52. The van der Waals surface area contributed by atoms with Gasteiger partial charge in [-0.3, -0.25) is 4.79 Å². The number of amides is 1. The first-order valence-corrected chi connectivity index (χ1v) is 7.99. The van der Waals surface area contributed by atoms with Crippen molar-refractivity contribution in [3.05, 3.63) is 46.4 Å². The zero-order valence-corrected chi connectivity index (χ0v) is 13.0. The molecule has 2 aromatic rings. The average molecular weight is 290 g/mol. The van der Waals surface area contributed by atoms with Crippen LogP contribution in [-0.2, 0) is 24.9 Å². The highest BCUT2D eigenvalue weighted by Gasteiger charge is 2.15. The molecule has 20 heavy (non-hydrogen) atoms. The van der Waals surface area contributed by atoms with E-state index in [2.05, 4.69) is 29.0 Å². The predicted molar refractivity (Wildman–Crippen MR) is 83.5 cm³/mol. The number of rotatable bonds is 7. The Hall–Kier alpha value is -1.55. The third-order valence-electron chi connectivity index (χ3n) is 3.43. The van der Waals surface area contributed by atoms with Crippen molar-refractivity contribution in [1.82, 2.24) is 9.47 Å². The molecule has 0 aliphatic carbocycles. The Morgan fingerprint density at radius 1 is 1.30 bits per heavy atom. The van der Waals surface area contributed by atoms with Crippen LogP contribution in [-0.4, -0.2) is 15.4 Å². The number of aryl methyl sites for hydroxylation is 1. The third-order valence-corrected chi connectivity index (χ3v) is 4.29. The minimum absolute atomic E-state index is 0.251. The lowest BCUT2D eigenvalue weighted by Crippen LogP contribution is -2.30.